The van der Waals surface area contributed by atoms with Crippen LogP contribution in [0.4, 0.5) is 4.39 Å². The number of ether oxygens (including phenoxy) is 1. The van der Waals surface area contributed by atoms with Crippen molar-refractivity contribution < 1.29 is 9.13 Å². The van der Waals surface area contributed by atoms with Gasteiger partial charge in [-0.1, -0.05) is 13.0 Å². The van der Waals surface area contributed by atoms with Crippen LogP contribution in [-0.4, -0.2) is 4.98 Å². The molecule has 3 nitrogen and oxygen atoms in total. The van der Waals surface area contributed by atoms with Gasteiger partial charge in [0.2, 0.25) is 0 Å². The third kappa shape index (κ3) is 3.77. The molecule has 0 bridgehead atoms. The van der Waals surface area contributed by atoms with Crippen molar-refractivity contribution in [3.05, 3.63) is 45.7 Å². The highest BCUT2D eigenvalue weighted by Crippen LogP contribution is 2.22. The van der Waals surface area contributed by atoms with Crippen LogP contribution in [0.2, 0.25) is 0 Å². The quantitative estimate of drug-likeness (QED) is 0.880. The zero-order chi connectivity index (χ0) is 14.5. The molecule has 20 heavy (non-hydrogen) atoms. The molecule has 0 aliphatic rings. The lowest BCUT2D eigenvalue weighted by Gasteiger charge is -2.09. The molecule has 5 heteroatoms. The number of aryl methyl sites for hydroxylation is 1. The van der Waals surface area contributed by atoms with E-state index in [0.29, 0.717) is 0 Å². The van der Waals surface area contributed by atoms with Gasteiger partial charge in [-0.15, -0.1) is 11.3 Å². The van der Waals surface area contributed by atoms with Gasteiger partial charge >= 0.3 is 0 Å². The van der Waals surface area contributed by atoms with Crippen molar-refractivity contribution in [1.29, 1.82) is 0 Å². The second kappa shape index (κ2) is 6.81. The number of nitrogens with two attached hydrogens (primary N) is 1. The molecule has 0 fully saturated rings. The molecule has 0 spiro atoms. The van der Waals surface area contributed by atoms with Gasteiger partial charge in [0.15, 0.2) is 11.6 Å². The number of rotatable bonds is 6. The minimum absolute atomic E-state index is 0.186. The molecule has 1 atom stereocenters. The van der Waals surface area contributed by atoms with Gasteiger partial charge in [0.25, 0.3) is 0 Å². The molecule has 2 aromatic rings. The molecule has 0 aliphatic heterocycles. The summed E-state index contributed by atoms with van der Waals surface area (Å²) in [6.07, 6.45) is 2.04. The number of thiazole rings is 1. The fourth-order valence-corrected chi connectivity index (χ4v) is 2.70. The Bertz CT molecular complexity index is 569. The Morgan fingerprint density at radius 3 is 2.90 bits per heavy atom. The van der Waals surface area contributed by atoms with Crippen molar-refractivity contribution in [2.75, 3.05) is 0 Å². The van der Waals surface area contributed by atoms with Crippen LogP contribution in [0, 0.1) is 5.82 Å². The van der Waals surface area contributed by atoms with Gasteiger partial charge in [0.1, 0.15) is 6.61 Å². The third-order valence-corrected chi connectivity index (χ3v) is 3.88. The summed E-state index contributed by atoms with van der Waals surface area (Å²) in [4.78, 5) is 4.44. The summed E-state index contributed by atoms with van der Waals surface area (Å²) in [6, 6.07) is 4.64. The van der Waals surface area contributed by atoms with Crippen LogP contribution < -0.4 is 10.5 Å². The van der Waals surface area contributed by atoms with Crippen LogP contribution >= 0.6 is 11.3 Å². The first kappa shape index (κ1) is 14.9. The van der Waals surface area contributed by atoms with Gasteiger partial charge in [-0.25, -0.2) is 9.37 Å². The smallest absolute Gasteiger partial charge is 0.165 e. The van der Waals surface area contributed by atoms with E-state index < -0.39 is 0 Å². The minimum Gasteiger partial charge on any atom is -0.484 e. The highest BCUT2D eigenvalue weighted by atomic mass is 32.1. The van der Waals surface area contributed by atoms with E-state index in [4.69, 9.17) is 10.5 Å². The van der Waals surface area contributed by atoms with Crippen LogP contribution in [0.5, 0.6) is 5.75 Å². The summed E-state index contributed by atoms with van der Waals surface area (Å²) in [7, 11) is 0. The molecule has 0 radical (unpaired) electrons. The summed E-state index contributed by atoms with van der Waals surface area (Å²) in [5, 5.41) is 3.05. The lowest BCUT2D eigenvalue weighted by molar-refractivity contribution is 0.286. The Kier molecular flexibility index (Phi) is 5.09. The zero-order valence-corrected chi connectivity index (χ0v) is 12.5. The van der Waals surface area contributed by atoms with E-state index in [2.05, 4.69) is 11.9 Å². The number of hydrogen-bond donors (Lipinski definition) is 1. The zero-order valence-electron chi connectivity index (χ0n) is 11.7. The van der Waals surface area contributed by atoms with Crippen LogP contribution in [0.15, 0.2) is 23.6 Å². The molecular formula is C15H19FN2OS. The van der Waals surface area contributed by atoms with Crippen LogP contribution in [0.25, 0.3) is 0 Å². The molecule has 0 aliphatic carbocycles. The predicted octanol–water partition coefficient (Wildman–Crippen LogP) is 3.83. The maximum Gasteiger partial charge on any atom is 0.165 e. The monoisotopic (exact) mass is 294 g/mol. The van der Waals surface area contributed by atoms with Crippen molar-refractivity contribution in [1.82, 2.24) is 4.98 Å². The standard InChI is InChI=1S/C15H19FN2OS/c1-3-4-15-18-12(9-20-15)8-19-14-6-5-11(10(2)17)7-13(14)16/h5-7,9-10H,3-4,8,17H2,1-2H3. The minimum atomic E-state index is -0.385. The Balaban J connectivity index is 1.99. The van der Waals surface area contributed by atoms with E-state index in [1.165, 1.54) is 6.07 Å². The van der Waals surface area contributed by atoms with Gasteiger partial charge in [0.05, 0.1) is 10.7 Å². The second-order valence-corrected chi connectivity index (χ2v) is 5.69. The van der Waals surface area contributed by atoms with Crippen LogP contribution in [-0.2, 0) is 13.0 Å². The van der Waals surface area contributed by atoms with E-state index in [1.807, 2.05) is 12.3 Å². The first-order valence-corrected chi connectivity index (χ1v) is 7.59. The fraction of sp³-hybridized carbons (Fsp3) is 0.400. The average Bonchev–Trinajstić information content (AvgIpc) is 2.85. The van der Waals surface area contributed by atoms with Crippen LogP contribution in [0.1, 0.15) is 42.6 Å². The molecule has 0 amide bonds. The molecule has 2 rings (SSSR count). The maximum atomic E-state index is 13.8. The second-order valence-electron chi connectivity index (χ2n) is 4.75. The fourth-order valence-electron chi connectivity index (χ4n) is 1.81. The maximum absolute atomic E-state index is 13.8. The number of nitrogens with zero attached hydrogens (tertiary/aromatic N) is 1. The summed E-state index contributed by atoms with van der Waals surface area (Å²) in [6.45, 7) is 4.22. The lowest BCUT2D eigenvalue weighted by Crippen LogP contribution is -2.06. The SMILES string of the molecule is CCCc1nc(COc2ccc(C(C)N)cc2F)cs1. The van der Waals surface area contributed by atoms with Crippen molar-refractivity contribution in [2.45, 2.75) is 39.3 Å². The van der Waals surface area contributed by atoms with Gasteiger partial charge in [-0.3, -0.25) is 0 Å². The highest BCUT2D eigenvalue weighted by molar-refractivity contribution is 7.09. The average molecular weight is 294 g/mol. The van der Waals surface area contributed by atoms with E-state index in [9.17, 15) is 4.39 Å². The Morgan fingerprint density at radius 1 is 1.45 bits per heavy atom. The van der Waals surface area contributed by atoms with E-state index in [0.717, 1.165) is 29.1 Å². The van der Waals surface area contributed by atoms with E-state index in [1.54, 1.807) is 23.5 Å². The molecule has 1 heterocycles. The Hall–Kier alpha value is -1.46. The highest BCUT2D eigenvalue weighted by Gasteiger charge is 2.08. The van der Waals surface area contributed by atoms with Crippen molar-refractivity contribution >= 4 is 11.3 Å². The first-order chi connectivity index (χ1) is 9.60. The molecule has 108 valence electrons. The van der Waals surface area contributed by atoms with Gasteiger partial charge < -0.3 is 10.5 Å². The van der Waals surface area contributed by atoms with Crippen molar-refractivity contribution in [2.24, 2.45) is 5.73 Å². The lowest BCUT2D eigenvalue weighted by atomic mass is 10.1. The molecule has 1 aromatic heterocycles. The van der Waals surface area contributed by atoms with Crippen LogP contribution in [0.3, 0.4) is 0 Å². The summed E-state index contributed by atoms with van der Waals surface area (Å²) < 4.78 is 19.3. The molecule has 0 saturated carbocycles. The first-order valence-electron chi connectivity index (χ1n) is 6.71. The number of halogens is 1. The Morgan fingerprint density at radius 2 is 2.25 bits per heavy atom. The molecule has 1 aromatic carbocycles. The molecular weight excluding hydrogens is 275 g/mol. The third-order valence-electron chi connectivity index (χ3n) is 2.92. The summed E-state index contributed by atoms with van der Waals surface area (Å²) in [5.41, 5.74) is 7.31. The van der Waals surface area contributed by atoms with Gasteiger partial charge in [0, 0.05) is 11.4 Å². The predicted molar refractivity (Wildman–Crippen MR) is 79.4 cm³/mol. The van der Waals surface area contributed by atoms with E-state index >= 15 is 0 Å². The number of benzene rings is 1. The topological polar surface area (TPSA) is 48.1 Å². The molecule has 0 saturated heterocycles. The Labute approximate surface area is 122 Å². The summed E-state index contributed by atoms with van der Waals surface area (Å²) >= 11 is 1.62. The largest absolute Gasteiger partial charge is 0.484 e. The molecule has 1 unspecified atom stereocenters. The number of aromatic nitrogens is 1. The summed E-state index contributed by atoms with van der Waals surface area (Å²) in [5.74, 6) is -0.150. The van der Waals surface area contributed by atoms with Crippen molar-refractivity contribution in [3.8, 4) is 5.75 Å². The van der Waals surface area contributed by atoms with E-state index in [-0.39, 0.29) is 24.2 Å². The van der Waals surface area contributed by atoms with Crippen molar-refractivity contribution in [3.63, 3.8) is 0 Å². The van der Waals surface area contributed by atoms with Gasteiger partial charge in [-0.2, -0.15) is 0 Å². The number of hydrogen-bond acceptors (Lipinski definition) is 4. The van der Waals surface area contributed by atoms with Gasteiger partial charge in [-0.05, 0) is 37.5 Å². The molecule has 2 N–H and O–H groups in total. The normalized spacial score (nSPS) is 12.4.